The Balaban J connectivity index is 3.40. The molecule has 7 N–H and O–H groups in total. The first-order valence-electron chi connectivity index (χ1n) is 4.78. The summed E-state index contributed by atoms with van der Waals surface area (Å²) in [6.45, 7) is 1.65. The summed E-state index contributed by atoms with van der Waals surface area (Å²) in [5, 5.41) is 9.35. The highest BCUT2D eigenvalue weighted by atomic mass is 35.5. The van der Waals surface area contributed by atoms with Crippen LogP contribution in [-0.2, 0) is 0 Å². The third kappa shape index (κ3) is 3.36. The number of carbonyl (C=O) groups is 1. The van der Waals surface area contributed by atoms with Gasteiger partial charge >= 0.3 is 5.97 Å². The van der Waals surface area contributed by atoms with Gasteiger partial charge in [-0.15, -0.1) is 0 Å². The van der Waals surface area contributed by atoms with Gasteiger partial charge < -0.3 is 22.3 Å². The number of aromatic carboxylic acids is 1. The van der Waals surface area contributed by atoms with Crippen LogP contribution in [0.3, 0.4) is 0 Å². The lowest BCUT2D eigenvalue weighted by Crippen LogP contribution is -2.26. The van der Waals surface area contributed by atoms with Gasteiger partial charge in [0.15, 0.2) is 5.96 Å². The number of nitrogens with zero attached hydrogens (tertiary/aromatic N) is 2. The van der Waals surface area contributed by atoms with E-state index in [0.29, 0.717) is 10.6 Å². The maximum absolute atomic E-state index is 11.1. The molecule has 0 unspecified atom stereocenters. The number of guanidine groups is 2. The number of carboxylic acids is 1. The Morgan fingerprint density at radius 3 is 2.44 bits per heavy atom. The van der Waals surface area contributed by atoms with Gasteiger partial charge in [-0.2, -0.15) is 4.99 Å². The Labute approximate surface area is 108 Å². The van der Waals surface area contributed by atoms with Crippen LogP contribution in [0.2, 0.25) is 5.02 Å². The van der Waals surface area contributed by atoms with Crippen LogP contribution in [0.15, 0.2) is 22.1 Å². The third-order valence-corrected chi connectivity index (χ3v) is 2.18. The van der Waals surface area contributed by atoms with Gasteiger partial charge in [0.25, 0.3) is 0 Å². The monoisotopic (exact) mass is 269 g/mol. The molecule has 1 rings (SSSR count). The Morgan fingerprint density at radius 1 is 1.33 bits per heavy atom. The second kappa shape index (κ2) is 5.37. The van der Waals surface area contributed by atoms with Gasteiger partial charge in [0.1, 0.15) is 0 Å². The molecular formula is C10H12ClN5O2. The minimum atomic E-state index is -1.17. The average molecular weight is 270 g/mol. The van der Waals surface area contributed by atoms with Crippen LogP contribution in [0.4, 0.5) is 5.69 Å². The number of carboxylic acid groups (broad SMARTS) is 1. The first-order chi connectivity index (χ1) is 8.31. The highest BCUT2D eigenvalue weighted by Crippen LogP contribution is 2.28. The third-order valence-electron chi connectivity index (χ3n) is 1.97. The molecule has 1 aromatic carbocycles. The van der Waals surface area contributed by atoms with Gasteiger partial charge in [0.2, 0.25) is 5.96 Å². The fourth-order valence-corrected chi connectivity index (χ4v) is 1.59. The number of hydrogen-bond donors (Lipinski definition) is 4. The average Bonchev–Trinajstić information content (AvgIpc) is 2.20. The van der Waals surface area contributed by atoms with Gasteiger partial charge in [0.05, 0.1) is 11.3 Å². The summed E-state index contributed by atoms with van der Waals surface area (Å²) in [4.78, 5) is 18.5. The fraction of sp³-hybridized carbons (Fsp3) is 0.100. The molecule has 0 fully saturated rings. The summed E-state index contributed by atoms with van der Waals surface area (Å²) >= 11 is 5.78. The summed E-state index contributed by atoms with van der Waals surface area (Å²) < 4.78 is 0. The van der Waals surface area contributed by atoms with Gasteiger partial charge in [-0.1, -0.05) is 11.6 Å². The van der Waals surface area contributed by atoms with E-state index < -0.39 is 5.97 Å². The number of aliphatic imine (C=N–C) groups is 2. The van der Waals surface area contributed by atoms with Crippen molar-refractivity contribution in [1.82, 2.24) is 0 Å². The minimum absolute atomic E-state index is 0.0752. The van der Waals surface area contributed by atoms with Crippen molar-refractivity contribution in [3.63, 3.8) is 0 Å². The maximum atomic E-state index is 11.1. The van der Waals surface area contributed by atoms with Crippen molar-refractivity contribution < 1.29 is 9.90 Å². The first-order valence-corrected chi connectivity index (χ1v) is 5.16. The predicted octanol–water partition coefficient (Wildman–Crippen LogP) is 0.566. The highest BCUT2D eigenvalue weighted by Gasteiger charge is 2.13. The molecule has 0 aliphatic heterocycles. The lowest BCUT2D eigenvalue weighted by atomic mass is 10.1. The van der Waals surface area contributed by atoms with Crippen LogP contribution in [-0.4, -0.2) is 23.0 Å². The van der Waals surface area contributed by atoms with E-state index in [-0.39, 0.29) is 23.2 Å². The van der Waals surface area contributed by atoms with E-state index in [1.807, 2.05) is 0 Å². The van der Waals surface area contributed by atoms with Gasteiger partial charge in [-0.05, 0) is 24.6 Å². The topological polar surface area (TPSA) is 140 Å². The molecule has 7 nitrogen and oxygen atoms in total. The van der Waals surface area contributed by atoms with Crippen LogP contribution in [0.5, 0.6) is 0 Å². The van der Waals surface area contributed by atoms with Crippen molar-refractivity contribution >= 4 is 35.2 Å². The molecule has 0 atom stereocenters. The largest absolute Gasteiger partial charge is 0.478 e. The summed E-state index contributed by atoms with van der Waals surface area (Å²) in [6.07, 6.45) is 0. The van der Waals surface area contributed by atoms with Crippen molar-refractivity contribution in [1.29, 1.82) is 0 Å². The second-order valence-electron chi connectivity index (χ2n) is 3.43. The highest BCUT2D eigenvalue weighted by molar-refractivity contribution is 6.31. The van der Waals surface area contributed by atoms with Crippen molar-refractivity contribution in [3.8, 4) is 0 Å². The summed E-state index contributed by atoms with van der Waals surface area (Å²) in [7, 11) is 0. The van der Waals surface area contributed by atoms with Crippen LogP contribution in [0.25, 0.3) is 0 Å². The molecule has 0 aliphatic carbocycles. The molecule has 0 heterocycles. The lowest BCUT2D eigenvalue weighted by molar-refractivity contribution is 0.0698. The smallest absolute Gasteiger partial charge is 0.337 e. The lowest BCUT2D eigenvalue weighted by Gasteiger charge is -2.06. The zero-order valence-electron chi connectivity index (χ0n) is 9.51. The van der Waals surface area contributed by atoms with Crippen LogP contribution in [0, 0.1) is 6.92 Å². The molecule has 18 heavy (non-hydrogen) atoms. The molecule has 0 spiro atoms. The molecule has 1 aromatic rings. The summed E-state index contributed by atoms with van der Waals surface area (Å²) in [6, 6.07) is 2.84. The Bertz CT molecular complexity index is 549. The summed E-state index contributed by atoms with van der Waals surface area (Å²) in [5.74, 6) is -1.67. The molecule has 0 saturated carbocycles. The van der Waals surface area contributed by atoms with E-state index >= 15 is 0 Å². The van der Waals surface area contributed by atoms with Gasteiger partial charge in [-0.25, -0.2) is 9.79 Å². The standard InChI is InChI=1S/C10H12ClN5O2/c1-4-2-5(11)3-6(8(17)18)7(4)15-10(14)16-9(12)13/h2-3H,1H3,(H,17,18)(H6,12,13,14,15,16). The molecule has 0 bridgehead atoms. The first kappa shape index (κ1) is 13.8. The molecule has 0 aliphatic rings. The Morgan fingerprint density at radius 2 is 1.94 bits per heavy atom. The number of nitrogens with two attached hydrogens (primary N) is 3. The second-order valence-corrected chi connectivity index (χ2v) is 3.87. The van der Waals surface area contributed by atoms with E-state index in [4.69, 9.17) is 33.9 Å². The molecule has 0 aromatic heterocycles. The van der Waals surface area contributed by atoms with Gasteiger partial charge in [-0.3, -0.25) is 0 Å². The number of aryl methyl sites for hydroxylation is 1. The van der Waals surface area contributed by atoms with Crippen LogP contribution < -0.4 is 17.2 Å². The van der Waals surface area contributed by atoms with Crippen molar-refractivity contribution in [2.45, 2.75) is 6.92 Å². The van der Waals surface area contributed by atoms with E-state index in [0.717, 1.165) is 0 Å². The molecule has 0 saturated heterocycles. The molecule has 8 heteroatoms. The summed E-state index contributed by atoms with van der Waals surface area (Å²) in [5.41, 5.74) is 16.4. The van der Waals surface area contributed by atoms with E-state index in [1.165, 1.54) is 6.07 Å². The Hall–Kier alpha value is -2.28. The predicted molar refractivity (Wildman–Crippen MR) is 70.2 cm³/mol. The number of hydrogen-bond acceptors (Lipinski definition) is 2. The van der Waals surface area contributed by atoms with Crippen molar-refractivity contribution in [2.24, 2.45) is 27.2 Å². The number of halogens is 1. The minimum Gasteiger partial charge on any atom is -0.478 e. The zero-order chi connectivity index (χ0) is 13.9. The van der Waals surface area contributed by atoms with Crippen LogP contribution in [0.1, 0.15) is 15.9 Å². The van der Waals surface area contributed by atoms with Gasteiger partial charge in [0, 0.05) is 5.02 Å². The molecule has 0 amide bonds. The normalized spacial score (nSPS) is 11.1. The zero-order valence-corrected chi connectivity index (χ0v) is 10.3. The fourth-order valence-electron chi connectivity index (χ4n) is 1.32. The number of benzene rings is 1. The van der Waals surface area contributed by atoms with E-state index in [9.17, 15) is 4.79 Å². The SMILES string of the molecule is Cc1cc(Cl)cc(C(=O)O)c1N=C(N)N=C(N)N. The molecule has 96 valence electrons. The maximum Gasteiger partial charge on any atom is 0.337 e. The quantitative estimate of drug-likeness (QED) is 0.459. The molecule has 0 radical (unpaired) electrons. The molecular weight excluding hydrogens is 258 g/mol. The van der Waals surface area contributed by atoms with Crippen molar-refractivity contribution in [3.05, 3.63) is 28.3 Å². The van der Waals surface area contributed by atoms with Crippen molar-refractivity contribution in [2.75, 3.05) is 0 Å². The Kier molecular flexibility index (Phi) is 4.11. The van der Waals surface area contributed by atoms with E-state index in [2.05, 4.69) is 9.98 Å². The van der Waals surface area contributed by atoms with Crippen LogP contribution >= 0.6 is 11.6 Å². The van der Waals surface area contributed by atoms with E-state index in [1.54, 1.807) is 13.0 Å². The number of rotatable bonds is 2.